The quantitative estimate of drug-likeness (QED) is 0.465. The first-order chi connectivity index (χ1) is 14.0. The summed E-state index contributed by atoms with van der Waals surface area (Å²) in [6.45, 7) is 0.572. The number of nitrogens with one attached hydrogen (secondary N) is 2. The Bertz CT molecular complexity index is 800. The van der Waals surface area contributed by atoms with Crippen LogP contribution < -0.4 is 24.8 Å². The van der Waals surface area contributed by atoms with E-state index in [1.165, 1.54) is 13.2 Å². The zero-order valence-corrected chi connectivity index (χ0v) is 16.9. The smallest absolute Gasteiger partial charge is 0.387 e. The van der Waals surface area contributed by atoms with Gasteiger partial charge in [0.05, 0.1) is 13.7 Å². The fraction of sp³-hybridized carbons (Fsp3) is 0.381. The summed E-state index contributed by atoms with van der Waals surface area (Å²) < 4.78 is 40.5. The number of rotatable bonds is 10. The topological polar surface area (TPSA) is 64.1 Å². The van der Waals surface area contributed by atoms with Gasteiger partial charge in [0.15, 0.2) is 5.96 Å². The fourth-order valence-electron chi connectivity index (χ4n) is 2.71. The summed E-state index contributed by atoms with van der Waals surface area (Å²) in [6.07, 6.45) is 0.778. The van der Waals surface area contributed by atoms with Crippen LogP contribution in [0.5, 0.6) is 17.2 Å². The number of nitrogens with zero attached hydrogens (tertiary/aromatic N) is 1. The van der Waals surface area contributed by atoms with Crippen molar-refractivity contribution in [3.63, 3.8) is 0 Å². The Morgan fingerprint density at radius 3 is 2.62 bits per heavy atom. The summed E-state index contributed by atoms with van der Waals surface area (Å²) in [7, 11) is 3.16. The first-order valence-electron chi connectivity index (χ1n) is 9.33. The van der Waals surface area contributed by atoms with Crippen LogP contribution >= 0.6 is 0 Å². The summed E-state index contributed by atoms with van der Waals surface area (Å²) in [5.74, 6) is 2.05. The Morgan fingerprint density at radius 2 is 1.93 bits per heavy atom. The van der Waals surface area contributed by atoms with Crippen molar-refractivity contribution in [2.75, 3.05) is 27.3 Å². The van der Waals surface area contributed by atoms with Gasteiger partial charge >= 0.3 is 6.61 Å². The molecule has 6 nitrogen and oxygen atoms in total. The molecule has 0 aromatic heterocycles. The van der Waals surface area contributed by atoms with Gasteiger partial charge in [0.1, 0.15) is 17.2 Å². The van der Waals surface area contributed by atoms with Crippen molar-refractivity contribution >= 4 is 5.96 Å². The lowest BCUT2D eigenvalue weighted by Crippen LogP contribution is -2.38. The number of aliphatic imine (C=N–C) groups is 1. The van der Waals surface area contributed by atoms with Crippen LogP contribution in [-0.4, -0.2) is 39.9 Å². The molecule has 2 aromatic rings. The minimum Gasteiger partial charge on any atom is -0.497 e. The molecule has 0 spiro atoms. The fourth-order valence-corrected chi connectivity index (χ4v) is 2.71. The van der Waals surface area contributed by atoms with E-state index in [0.717, 1.165) is 17.7 Å². The van der Waals surface area contributed by atoms with Crippen LogP contribution in [0.2, 0.25) is 0 Å². The maximum absolute atomic E-state index is 12.6. The van der Waals surface area contributed by atoms with Crippen LogP contribution in [-0.2, 0) is 13.0 Å². The van der Waals surface area contributed by atoms with Gasteiger partial charge in [-0.25, -0.2) is 0 Å². The molecule has 0 saturated carbocycles. The third-order valence-electron chi connectivity index (χ3n) is 4.07. The lowest BCUT2D eigenvalue weighted by molar-refractivity contribution is -0.0504. The third kappa shape index (κ3) is 7.48. The molecule has 0 heterocycles. The molecule has 158 valence electrons. The second-order valence-corrected chi connectivity index (χ2v) is 6.04. The predicted octanol–water partition coefficient (Wildman–Crippen LogP) is 3.60. The lowest BCUT2D eigenvalue weighted by atomic mass is 10.1. The second-order valence-electron chi connectivity index (χ2n) is 6.04. The molecule has 2 rings (SSSR count). The molecule has 0 unspecified atom stereocenters. The minimum atomic E-state index is -2.90. The zero-order chi connectivity index (χ0) is 21.1. The van der Waals surface area contributed by atoms with Crippen molar-refractivity contribution < 1.29 is 23.0 Å². The van der Waals surface area contributed by atoms with Crippen molar-refractivity contribution in [1.29, 1.82) is 0 Å². The molecule has 2 N–H and O–H groups in total. The summed E-state index contributed by atoms with van der Waals surface area (Å²) in [5.41, 5.74) is 1.68. The summed E-state index contributed by atoms with van der Waals surface area (Å²) >= 11 is 0. The van der Waals surface area contributed by atoms with E-state index in [-0.39, 0.29) is 12.3 Å². The predicted molar refractivity (Wildman–Crippen MR) is 109 cm³/mol. The average Bonchev–Trinajstić information content (AvgIpc) is 2.71. The third-order valence-corrected chi connectivity index (χ3v) is 4.07. The maximum Gasteiger partial charge on any atom is 0.387 e. The summed E-state index contributed by atoms with van der Waals surface area (Å²) in [4.78, 5) is 4.16. The van der Waals surface area contributed by atoms with Gasteiger partial charge in [-0.15, -0.1) is 0 Å². The number of ether oxygens (including phenoxy) is 3. The van der Waals surface area contributed by atoms with Gasteiger partial charge in [-0.3, -0.25) is 4.99 Å². The normalized spacial score (nSPS) is 11.3. The van der Waals surface area contributed by atoms with Crippen molar-refractivity contribution in [3.05, 3.63) is 53.6 Å². The molecular formula is C21H27F2N3O3. The van der Waals surface area contributed by atoms with Crippen molar-refractivity contribution in [3.8, 4) is 17.2 Å². The van der Waals surface area contributed by atoms with E-state index in [2.05, 4.69) is 20.4 Å². The molecule has 0 fully saturated rings. The molecule has 0 aliphatic rings. The first-order valence-corrected chi connectivity index (χ1v) is 9.33. The largest absolute Gasteiger partial charge is 0.497 e. The molecule has 29 heavy (non-hydrogen) atoms. The van der Waals surface area contributed by atoms with E-state index in [0.29, 0.717) is 30.4 Å². The van der Waals surface area contributed by atoms with E-state index in [1.54, 1.807) is 19.2 Å². The molecule has 0 aliphatic heterocycles. The van der Waals surface area contributed by atoms with Gasteiger partial charge in [-0.1, -0.05) is 12.1 Å². The Hall–Kier alpha value is -3.03. The summed E-state index contributed by atoms with van der Waals surface area (Å²) in [6, 6.07) is 12.6. The van der Waals surface area contributed by atoms with Gasteiger partial charge in [-0.05, 0) is 49.2 Å². The van der Waals surface area contributed by atoms with Crippen LogP contribution in [0.1, 0.15) is 18.1 Å². The van der Waals surface area contributed by atoms with Crippen LogP contribution in [0, 0.1) is 0 Å². The SMILES string of the molecule is CCOc1cccc(CCNC(=NC)NCc2cc(OC)ccc2OC(F)F)c1. The van der Waals surface area contributed by atoms with E-state index >= 15 is 0 Å². The van der Waals surface area contributed by atoms with Gasteiger partial charge in [0, 0.05) is 25.7 Å². The molecule has 0 saturated heterocycles. The van der Waals surface area contributed by atoms with E-state index in [1.807, 2.05) is 31.2 Å². The van der Waals surface area contributed by atoms with Gasteiger partial charge in [-0.2, -0.15) is 8.78 Å². The Labute approximate surface area is 169 Å². The number of methoxy groups -OCH3 is 1. The second kappa shape index (κ2) is 11.7. The van der Waals surface area contributed by atoms with Gasteiger partial charge in [0.2, 0.25) is 0 Å². The summed E-state index contributed by atoms with van der Waals surface area (Å²) in [5, 5.41) is 6.31. The number of halogens is 2. The Balaban J connectivity index is 1.91. The van der Waals surface area contributed by atoms with E-state index in [4.69, 9.17) is 9.47 Å². The van der Waals surface area contributed by atoms with Gasteiger partial charge < -0.3 is 24.8 Å². The van der Waals surface area contributed by atoms with Gasteiger partial charge in [0.25, 0.3) is 0 Å². The molecule has 8 heteroatoms. The van der Waals surface area contributed by atoms with Crippen molar-refractivity contribution in [2.24, 2.45) is 4.99 Å². The Morgan fingerprint density at radius 1 is 1.10 bits per heavy atom. The monoisotopic (exact) mass is 407 g/mol. The maximum atomic E-state index is 12.6. The number of hydrogen-bond donors (Lipinski definition) is 2. The minimum absolute atomic E-state index is 0.0940. The first kappa shape index (κ1) is 22.3. The molecule has 0 bridgehead atoms. The van der Waals surface area contributed by atoms with E-state index < -0.39 is 6.61 Å². The lowest BCUT2D eigenvalue weighted by Gasteiger charge is -2.15. The highest BCUT2D eigenvalue weighted by molar-refractivity contribution is 5.79. The van der Waals surface area contributed by atoms with E-state index in [9.17, 15) is 8.78 Å². The molecule has 2 aromatic carbocycles. The number of alkyl halides is 2. The molecule has 0 aliphatic carbocycles. The van der Waals surface area contributed by atoms with Crippen molar-refractivity contribution in [2.45, 2.75) is 26.5 Å². The average molecular weight is 407 g/mol. The molecule has 0 amide bonds. The number of guanidine groups is 1. The molecule has 0 radical (unpaired) electrons. The van der Waals surface area contributed by atoms with Crippen LogP contribution in [0.4, 0.5) is 8.78 Å². The van der Waals surface area contributed by atoms with Crippen LogP contribution in [0.25, 0.3) is 0 Å². The van der Waals surface area contributed by atoms with Crippen molar-refractivity contribution in [1.82, 2.24) is 10.6 Å². The molecular weight excluding hydrogens is 380 g/mol. The van der Waals surface area contributed by atoms with Crippen LogP contribution in [0.3, 0.4) is 0 Å². The number of hydrogen-bond acceptors (Lipinski definition) is 4. The Kier molecular flexibility index (Phi) is 9.01. The zero-order valence-electron chi connectivity index (χ0n) is 16.9. The highest BCUT2D eigenvalue weighted by Crippen LogP contribution is 2.25. The van der Waals surface area contributed by atoms with Crippen LogP contribution in [0.15, 0.2) is 47.5 Å². The highest BCUT2D eigenvalue weighted by Gasteiger charge is 2.11. The highest BCUT2D eigenvalue weighted by atomic mass is 19.3. The number of benzene rings is 2. The standard InChI is InChI=1S/C21H27F2N3O3/c1-4-28-18-7-5-6-15(12-18)10-11-25-21(24-2)26-14-16-13-17(27-3)8-9-19(16)29-20(22)23/h5-9,12-13,20H,4,10-11,14H2,1-3H3,(H2,24,25,26). The molecule has 0 atom stereocenters.